The molecule has 1 fully saturated rings. The Morgan fingerprint density at radius 2 is 1.91 bits per heavy atom. The number of carbonyl (C=O) groups is 1. The van der Waals surface area contributed by atoms with Crippen molar-refractivity contribution < 1.29 is 18.0 Å². The second-order valence-electron chi connectivity index (χ2n) is 5.64. The predicted octanol–water partition coefficient (Wildman–Crippen LogP) is 3.74. The third-order valence-corrected chi connectivity index (χ3v) is 4.17. The highest BCUT2D eigenvalue weighted by atomic mass is 19.4. The minimum atomic E-state index is -4.48. The summed E-state index contributed by atoms with van der Waals surface area (Å²) in [6, 6.07) is 8.62. The molecule has 2 aromatic carbocycles. The van der Waals surface area contributed by atoms with Crippen LogP contribution in [0.4, 0.5) is 13.2 Å². The Bertz CT molecular complexity index is 737. The molecule has 0 saturated carbocycles. The maximum atomic E-state index is 13.8. The van der Waals surface area contributed by atoms with Crippen LogP contribution in [-0.4, -0.2) is 23.6 Å². The summed E-state index contributed by atoms with van der Waals surface area (Å²) in [4.78, 5) is 11.4. The molecular weight excluding hydrogens is 305 g/mol. The van der Waals surface area contributed by atoms with Gasteiger partial charge in [-0.05, 0) is 28.3 Å². The number of halogens is 3. The van der Waals surface area contributed by atoms with Crippen LogP contribution in [0.1, 0.15) is 30.5 Å². The van der Waals surface area contributed by atoms with Gasteiger partial charge in [0.2, 0.25) is 5.91 Å². The number of nitrogens with zero attached hydrogens (tertiary/aromatic N) is 1. The van der Waals surface area contributed by atoms with E-state index < -0.39 is 12.2 Å². The SMILES string of the molecule is CCc1cccc2cccc(C(N3CCC(=O)N3)C(F)(F)F)c12. The molecule has 1 aliphatic rings. The number of carbonyl (C=O) groups excluding carboxylic acids is 1. The lowest BCUT2D eigenvalue weighted by Crippen LogP contribution is -2.43. The first-order valence-corrected chi connectivity index (χ1v) is 7.55. The van der Waals surface area contributed by atoms with Gasteiger partial charge in [0.15, 0.2) is 6.04 Å². The highest BCUT2D eigenvalue weighted by molar-refractivity contribution is 5.89. The van der Waals surface area contributed by atoms with Crippen molar-refractivity contribution in [2.75, 3.05) is 6.54 Å². The van der Waals surface area contributed by atoms with Crippen molar-refractivity contribution in [2.24, 2.45) is 0 Å². The third kappa shape index (κ3) is 2.91. The van der Waals surface area contributed by atoms with Crippen LogP contribution in [0.3, 0.4) is 0 Å². The summed E-state index contributed by atoms with van der Waals surface area (Å²) < 4.78 is 41.3. The zero-order valence-corrected chi connectivity index (χ0v) is 12.7. The van der Waals surface area contributed by atoms with Gasteiger partial charge in [-0.1, -0.05) is 43.3 Å². The minimum Gasteiger partial charge on any atom is -0.288 e. The van der Waals surface area contributed by atoms with E-state index in [1.54, 1.807) is 6.07 Å². The maximum Gasteiger partial charge on any atom is 0.409 e. The Labute approximate surface area is 132 Å². The monoisotopic (exact) mass is 322 g/mol. The molecule has 0 aliphatic carbocycles. The number of nitrogens with one attached hydrogen (secondary N) is 1. The molecule has 3 rings (SSSR count). The third-order valence-electron chi connectivity index (χ3n) is 4.17. The molecule has 3 nitrogen and oxygen atoms in total. The van der Waals surface area contributed by atoms with Crippen LogP contribution in [0.15, 0.2) is 36.4 Å². The lowest BCUT2D eigenvalue weighted by Gasteiger charge is -2.30. The van der Waals surface area contributed by atoms with E-state index in [4.69, 9.17) is 0 Å². The normalized spacial score (nSPS) is 17.5. The van der Waals surface area contributed by atoms with E-state index in [2.05, 4.69) is 5.43 Å². The fourth-order valence-corrected chi connectivity index (χ4v) is 3.18. The zero-order chi connectivity index (χ0) is 16.6. The van der Waals surface area contributed by atoms with Crippen molar-refractivity contribution in [3.05, 3.63) is 47.5 Å². The Morgan fingerprint density at radius 3 is 2.48 bits per heavy atom. The summed E-state index contributed by atoms with van der Waals surface area (Å²) in [5, 5.41) is 2.41. The largest absolute Gasteiger partial charge is 0.409 e. The van der Waals surface area contributed by atoms with Crippen LogP contribution in [0.25, 0.3) is 10.8 Å². The first-order valence-electron chi connectivity index (χ1n) is 7.55. The van der Waals surface area contributed by atoms with Gasteiger partial charge in [0.1, 0.15) is 0 Å². The first kappa shape index (κ1) is 15.8. The van der Waals surface area contributed by atoms with E-state index in [0.717, 1.165) is 16.0 Å². The number of rotatable bonds is 3. The van der Waals surface area contributed by atoms with Crippen molar-refractivity contribution >= 4 is 16.7 Å². The molecule has 0 aromatic heterocycles. The molecule has 1 unspecified atom stereocenters. The van der Waals surface area contributed by atoms with Crippen LogP contribution in [0.5, 0.6) is 0 Å². The second-order valence-corrected chi connectivity index (χ2v) is 5.64. The second kappa shape index (κ2) is 5.85. The molecule has 1 saturated heterocycles. The van der Waals surface area contributed by atoms with Crippen LogP contribution < -0.4 is 5.43 Å². The van der Waals surface area contributed by atoms with Crippen molar-refractivity contribution in [3.63, 3.8) is 0 Å². The van der Waals surface area contributed by atoms with Gasteiger partial charge in [-0.3, -0.25) is 10.2 Å². The highest BCUT2D eigenvalue weighted by Gasteiger charge is 2.47. The smallest absolute Gasteiger partial charge is 0.288 e. The Balaban J connectivity index is 2.20. The van der Waals surface area contributed by atoms with Crippen molar-refractivity contribution in [1.82, 2.24) is 10.4 Å². The summed E-state index contributed by atoms with van der Waals surface area (Å²) in [7, 11) is 0. The van der Waals surface area contributed by atoms with Crippen LogP contribution in [0, 0.1) is 0 Å². The lowest BCUT2D eigenvalue weighted by molar-refractivity contribution is -0.190. The van der Waals surface area contributed by atoms with Crippen molar-refractivity contribution in [1.29, 1.82) is 0 Å². The molecule has 0 radical (unpaired) electrons. The number of amides is 1. The standard InChI is InChI=1S/C17H17F3N2O/c1-2-11-5-3-6-12-7-4-8-13(15(11)12)16(17(18,19)20)22-10-9-14(23)21-22/h3-8,16H,2,9-10H2,1H3,(H,21,23). The molecule has 6 heteroatoms. The van der Waals surface area contributed by atoms with E-state index in [1.165, 1.54) is 6.07 Å². The summed E-state index contributed by atoms with van der Waals surface area (Å²) in [5.74, 6) is -0.379. The molecule has 1 aliphatic heterocycles. The van der Waals surface area contributed by atoms with Gasteiger partial charge in [0, 0.05) is 13.0 Å². The summed E-state index contributed by atoms with van der Waals surface area (Å²) >= 11 is 0. The van der Waals surface area contributed by atoms with Crippen LogP contribution >= 0.6 is 0 Å². The number of hydrazine groups is 1. The van der Waals surface area contributed by atoms with Crippen molar-refractivity contribution in [3.8, 4) is 0 Å². The lowest BCUT2D eigenvalue weighted by atomic mass is 9.93. The maximum absolute atomic E-state index is 13.8. The highest BCUT2D eigenvalue weighted by Crippen LogP contribution is 2.41. The molecule has 0 spiro atoms. The fraction of sp³-hybridized carbons (Fsp3) is 0.353. The molecule has 2 aromatic rings. The Kier molecular flexibility index (Phi) is 4.02. The van der Waals surface area contributed by atoms with Crippen LogP contribution in [-0.2, 0) is 11.2 Å². The summed E-state index contributed by atoms with van der Waals surface area (Å²) in [6.07, 6.45) is -3.75. The van der Waals surface area contributed by atoms with E-state index in [1.807, 2.05) is 31.2 Å². The number of fused-ring (bicyclic) bond motifs is 1. The first-order chi connectivity index (χ1) is 10.9. The molecule has 1 atom stereocenters. The quantitative estimate of drug-likeness (QED) is 0.933. The van der Waals surface area contributed by atoms with E-state index in [9.17, 15) is 18.0 Å². The fourth-order valence-electron chi connectivity index (χ4n) is 3.18. The molecule has 23 heavy (non-hydrogen) atoms. The van der Waals surface area contributed by atoms with Gasteiger partial charge in [0.05, 0.1) is 0 Å². The summed E-state index contributed by atoms with van der Waals surface area (Å²) in [6.45, 7) is 1.97. The number of aryl methyl sites for hydroxylation is 1. The molecule has 0 bridgehead atoms. The minimum absolute atomic E-state index is 0.0493. The Hall–Kier alpha value is -2.08. The average molecular weight is 322 g/mol. The van der Waals surface area contributed by atoms with E-state index in [0.29, 0.717) is 11.8 Å². The van der Waals surface area contributed by atoms with Gasteiger partial charge in [-0.15, -0.1) is 0 Å². The molecule has 1 heterocycles. The molecular formula is C17H17F3N2O. The van der Waals surface area contributed by atoms with Gasteiger partial charge >= 0.3 is 6.18 Å². The molecule has 122 valence electrons. The van der Waals surface area contributed by atoms with Crippen molar-refractivity contribution in [2.45, 2.75) is 32.0 Å². The zero-order valence-electron chi connectivity index (χ0n) is 12.7. The Morgan fingerprint density at radius 1 is 1.22 bits per heavy atom. The van der Waals surface area contributed by atoms with Crippen LogP contribution in [0.2, 0.25) is 0 Å². The predicted molar refractivity (Wildman–Crippen MR) is 81.6 cm³/mol. The number of alkyl halides is 3. The number of hydrogen-bond donors (Lipinski definition) is 1. The van der Waals surface area contributed by atoms with Gasteiger partial charge in [0.25, 0.3) is 0 Å². The van der Waals surface area contributed by atoms with Gasteiger partial charge in [-0.2, -0.15) is 13.2 Å². The van der Waals surface area contributed by atoms with Gasteiger partial charge in [-0.25, -0.2) is 5.01 Å². The van der Waals surface area contributed by atoms with E-state index >= 15 is 0 Å². The molecule has 1 N–H and O–H groups in total. The number of hydrogen-bond acceptors (Lipinski definition) is 2. The number of benzene rings is 2. The van der Waals surface area contributed by atoms with E-state index in [-0.39, 0.29) is 24.4 Å². The molecule has 1 amide bonds. The van der Waals surface area contributed by atoms with Gasteiger partial charge < -0.3 is 0 Å². The average Bonchev–Trinajstić information content (AvgIpc) is 2.91. The summed E-state index contributed by atoms with van der Waals surface area (Å²) in [5.41, 5.74) is 3.40. The topological polar surface area (TPSA) is 32.3 Å².